The molecule has 0 bridgehead atoms. The van der Waals surface area contributed by atoms with Gasteiger partial charge >= 0.3 is 85.7 Å². The van der Waals surface area contributed by atoms with Crippen molar-refractivity contribution in [3.8, 4) is 0 Å². The van der Waals surface area contributed by atoms with Crippen molar-refractivity contribution in [3.05, 3.63) is 24.3 Å². The molecule has 0 saturated carbocycles. The summed E-state index contributed by atoms with van der Waals surface area (Å²) in [7, 11) is 0. The molecule has 0 atom stereocenters. The summed E-state index contributed by atoms with van der Waals surface area (Å²) in [5.74, 6) is 1.79. The molecular formula is C8H7N3O2Se. The molecule has 1 aromatic carbocycles. The summed E-state index contributed by atoms with van der Waals surface area (Å²) in [5, 5.41) is 7.57. The zero-order valence-electron chi connectivity index (χ0n) is 7.38. The number of carbonyl (C=O) groups is 1. The summed E-state index contributed by atoms with van der Waals surface area (Å²) in [6.07, 6.45) is 0. The quantitative estimate of drug-likeness (QED) is 0.587. The van der Waals surface area contributed by atoms with Crippen molar-refractivity contribution in [3.63, 3.8) is 0 Å². The molecule has 0 aliphatic carbocycles. The van der Waals surface area contributed by atoms with Crippen LogP contribution in [-0.4, -0.2) is 35.0 Å². The monoisotopic (exact) mass is 257 g/mol. The van der Waals surface area contributed by atoms with E-state index in [0.29, 0.717) is 11.0 Å². The standard InChI is InChI=1S/C8H7N3O2Se/c1-14-8(12)13-11-7-5-3-2-4-6(7)9-10-11/h2-5H,1H3. The third-order valence-corrected chi connectivity index (χ3v) is 2.50. The Labute approximate surface area is 86.1 Å². The first-order chi connectivity index (χ1) is 6.81. The number of aromatic nitrogens is 3. The van der Waals surface area contributed by atoms with Gasteiger partial charge in [0.2, 0.25) is 0 Å². The molecule has 14 heavy (non-hydrogen) atoms. The maximum atomic E-state index is 11.0. The van der Waals surface area contributed by atoms with Crippen molar-refractivity contribution < 1.29 is 9.63 Å². The second kappa shape index (κ2) is 3.77. The molecule has 0 fully saturated rings. The van der Waals surface area contributed by atoms with Crippen LogP contribution in [0.15, 0.2) is 24.3 Å². The number of hydrogen-bond acceptors (Lipinski definition) is 4. The number of rotatable bonds is 2. The van der Waals surface area contributed by atoms with Gasteiger partial charge in [0, 0.05) is 0 Å². The van der Waals surface area contributed by atoms with Crippen LogP contribution in [0.4, 0.5) is 4.79 Å². The van der Waals surface area contributed by atoms with Gasteiger partial charge in [-0.15, -0.1) is 0 Å². The van der Waals surface area contributed by atoms with Crippen LogP contribution in [-0.2, 0) is 0 Å². The van der Waals surface area contributed by atoms with Gasteiger partial charge in [-0.1, -0.05) is 0 Å². The van der Waals surface area contributed by atoms with E-state index >= 15 is 0 Å². The Hall–Kier alpha value is -1.39. The third kappa shape index (κ3) is 1.62. The average molecular weight is 256 g/mol. The average Bonchev–Trinajstić information content (AvgIpc) is 2.62. The number of carbonyl (C=O) groups excluding carboxylic acids is 1. The van der Waals surface area contributed by atoms with Gasteiger partial charge in [-0.25, -0.2) is 0 Å². The SMILES string of the molecule is C[Se]C(=O)On1nnc2ccccc21. The summed E-state index contributed by atoms with van der Waals surface area (Å²) in [5.41, 5.74) is 1.41. The van der Waals surface area contributed by atoms with Gasteiger partial charge in [0.1, 0.15) is 0 Å². The minimum absolute atomic E-state index is 0.187. The first-order valence-corrected chi connectivity index (χ1v) is 6.45. The van der Waals surface area contributed by atoms with Crippen molar-refractivity contribution in [2.24, 2.45) is 0 Å². The van der Waals surface area contributed by atoms with Crippen LogP contribution < -0.4 is 4.84 Å². The fourth-order valence-corrected chi connectivity index (χ4v) is 1.33. The topological polar surface area (TPSA) is 57.0 Å². The van der Waals surface area contributed by atoms with Gasteiger partial charge in [0.25, 0.3) is 0 Å². The van der Waals surface area contributed by atoms with Gasteiger partial charge in [-0.3, -0.25) is 0 Å². The number of nitrogens with zero attached hydrogens (tertiary/aromatic N) is 3. The van der Waals surface area contributed by atoms with E-state index in [-0.39, 0.29) is 19.8 Å². The molecule has 0 spiro atoms. The maximum absolute atomic E-state index is 11.0. The van der Waals surface area contributed by atoms with E-state index in [4.69, 9.17) is 4.84 Å². The Kier molecular flexibility index (Phi) is 2.47. The van der Waals surface area contributed by atoms with E-state index in [1.807, 2.05) is 18.2 Å². The van der Waals surface area contributed by atoms with Crippen LogP contribution in [0.3, 0.4) is 0 Å². The molecule has 1 heterocycles. The summed E-state index contributed by atoms with van der Waals surface area (Å²) in [4.78, 5) is 16.9. The van der Waals surface area contributed by atoms with Crippen molar-refractivity contribution in [1.82, 2.24) is 15.2 Å². The van der Waals surface area contributed by atoms with Gasteiger partial charge in [0.05, 0.1) is 0 Å². The van der Waals surface area contributed by atoms with Crippen molar-refractivity contribution in [2.45, 2.75) is 5.82 Å². The van der Waals surface area contributed by atoms with Gasteiger partial charge < -0.3 is 0 Å². The minimum atomic E-state index is -0.270. The Bertz CT molecular complexity index is 468. The van der Waals surface area contributed by atoms with Crippen LogP contribution in [0.5, 0.6) is 0 Å². The van der Waals surface area contributed by atoms with Crippen LogP contribution >= 0.6 is 0 Å². The number of hydrogen-bond donors (Lipinski definition) is 0. The van der Waals surface area contributed by atoms with Gasteiger partial charge in [-0.05, 0) is 0 Å². The van der Waals surface area contributed by atoms with E-state index in [9.17, 15) is 4.79 Å². The zero-order chi connectivity index (χ0) is 9.97. The molecule has 2 aromatic rings. The molecular weight excluding hydrogens is 249 g/mol. The molecule has 0 N–H and O–H groups in total. The summed E-state index contributed by atoms with van der Waals surface area (Å²) < 4.78 is 0. The van der Waals surface area contributed by atoms with E-state index < -0.39 is 0 Å². The van der Waals surface area contributed by atoms with Crippen LogP contribution in [0.1, 0.15) is 0 Å². The Morgan fingerprint density at radius 2 is 2.29 bits per heavy atom. The fraction of sp³-hybridized carbons (Fsp3) is 0.125. The van der Waals surface area contributed by atoms with Gasteiger partial charge in [-0.2, -0.15) is 0 Å². The number of fused-ring (bicyclic) bond motifs is 1. The molecule has 0 unspecified atom stereocenters. The number of benzene rings is 1. The molecule has 0 aliphatic heterocycles. The molecule has 6 heteroatoms. The molecule has 0 aliphatic rings. The van der Waals surface area contributed by atoms with Gasteiger partial charge in [0.15, 0.2) is 0 Å². The second-order valence-electron chi connectivity index (χ2n) is 2.50. The first kappa shape index (κ1) is 9.18. The van der Waals surface area contributed by atoms with E-state index in [1.165, 1.54) is 0 Å². The molecule has 0 saturated heterocycles. The predicted molar refractivity (Wildman–Crippen MR) is 51.1 cm³/mol. The fourth-order valence-electron chi connectivity index (χ4n) is 1.02. The van der Waals surface area contributed by atoms with E-state index in [2.05, 4.69) is 10.3 Å². The molecule has 1 aromatic heterocycles. The Morgan fingerprint density at radius 3 is 3.07 bits per heavy atom. The Morgan fingerprint density at radius 1 is 1.50 bits per heavy atom. The Balaban J connectivity index is 2.38. The second-order valence-corrected chi connectivity index (χ2v) is 4.05. The molecule has 2 rings (SSSR count). The predicted octanol–water partition coefficient (Wildman–Crippen LogP) is 0.732. The summed E-state index contributed by atoms with van der Waals surface area (Å²) in [6.45, 7) is 0. The normalized spacial score (nSPS) is 10.4. The van der Waals surface area contributed by atoms with Crippen LogP contribution in [0.2, 0.25) is 5.82 Å². The van der Waals surface area contributed by atoms with E-state index in [0.717, 1.165) is 4.85 Å². The molecule has 5 nitrogen and oxygen atoms in total. The summed E-state index contributed by atoms with van der Waals surface area (Å²) in [6, 6.07) is 7.30. The van der Waals surface area contributed by atoms with Crippen LogP contribution in [0.25, 0.3) is 11.0 Å². The number of para-hydroxylation sites is 1. The van der Waals surface area contributed by atoms with Crippen molar-refractivity contribution >= 4 is 30.9 Å². The van der Waals surface area contributed by atoms with Crippen molar-refractivity contribution in [2.75, 3.05) is 0 Å². The van der Waals surface area contributed by atoms with E-state index in [1.54, 1.807) is 11.9 Å². The van der Waals surface area contributed by atoms with Crippen LogP contribution in [0, 0.1) is 0 Å². The molecule has 0 amide bonds. The zero-order valence-corrected chi connectivity index (χ0v) is 9.09. The molecule has 0 radical (unpaired) electrons. The first-order valence-electron chi connectivity index (χ1n) is 3.88. The molecule has 72 valence electrons. The summed E-state index contributed by atoms with van der Waals surface area (Å²) >= 11 is -0.187. The van der Waals surface area contributed by atoms with Crippen molar-refractivity contribution in [1.29, 1.82) is 0 Å². The third-order valence-electron chi connectivity index (χ3n) is 1.65.